The largest absolute Gasteiger partial charge is 1.00 e. The Bertz CT molecular complexity index is 135. The molecule has 0 aliphatic heterocycles. The molecule has 1 aliphatic carbocycles. The van der Waals surface area contributed by atoms with E-state index in [0.717, 1.165) is 6.42 Å². The van der Waals surface area contributed by atoms with Crippen LogP contribution in [0.4, 0.5) is 0 Å². The van der Waals surface area contributed by atoms with Gasteiger partial charge in [-0.05, 0) is 0 Å². The van der Waals surface area contributed by atoms with Crippen LogP contribution in [0, 0.1) is 6.08 Å². The summed E-state index contributed by atoms with van der Waals surface area (Å²) in [5.74, 6) is 0. The Morgan fingerprint density at radius 3 is 1.71 bits per heavy atom. The van der Waals surface area contributed by atoms with Crippen LogP contribution in [0.15, 0.2) is 18.2 Å². The molecule has 0 spiro atoms. The van der Waals surface area contributed by atoms with E-state index in [4.69, 9.17) is 5.73 Å². The van der Waals surface area contributed by atoms with E-state index in [1.807, 2.05) is 32.9 Å². The maximum absolute atomic E-state index is 6.94. The fourth-order valence-electron chi connectivity index (χ4n) is 0.340. The second kappa shape index (κ2) is 16.1. The van der Waals surface area contributed by atoms with Crippen LogP contribution in [0.2, 0.25) is 0 Å². The molecule has 82 valence electrons. The molecule has 0 aromatic rings. The van der Waals surface area contributed by atoms with E-state index in [-0.39, 0.29) is 30.4 Å². The molecule has 0 fully saturated rings. The van der Waals surface area contributed by atoms with Gasteiger partial charge in [-0.3, -0.25) is 6.08 Å². The summed E-state index contributed by atoms with van der Waals surface area (Å²) in [4.78, 5) is 3.25. The van der Waals surface area contributed by atoms with Gasteiger partial charge in [0.05, 0.1) is 0 Å². The minimum Gasteiger partial charge on any atom is -1.00 e. The Morgan fingerprint density at radius 1 is 1.29 bits per heavy atom. The van der Waals surface area contributed by atoms with E-state index < -0.39 is 0 Å². The Balaban J connectivity index is -0.0000000542. The monoisotopic (exact) mass is 269 g/mol. The minimum absolute atomic E-state index is 0. The number of allylic oxidation sites excluding steroid dienone is 4. The molecule has 0 aromatic heterocycles. The molecule has 4 heteroatoms. The van der Waals surface area contributed by atoms with E-state index >= 15 is 0 Å². The normalized spacial score (nSPS) is 11.0. The molecular formula is C10H17Cl2NTi-2. The summed E-state index contributed by atoms with van der Waals surface area (Å²) in [6, 6.07) is 0. The van der Waals surface area contributed by atoms with Crippen molar-refractivity contribution < 1.29 is 44.8 Å². The summed E-state index contributed by atoms with van der Waals surface area (Å²) in [6.07, 6.45) is 10.0. The summed E-state index contributed by atoms with van der Waals surface area (Å²) >= 11 is 1.75. The van der Waals surface area contributed by atoms with Crippen molar-refractivity contribution >= 4 is 4.82 Å². The third kappa shape index (κ3) is 54.0. The SMILES string of the molecule is CC(C)(C)[NH-].[C-]1=CC=CC1.[CH2]=[Ti+2].[Cl-].[Cl-]. The van der Waals surface area contributed by atoms with Crippen LogP contribution in [-0.4, -0.2) is 10.4 Å². The van der Waals surface area contributed by atoms with Gasteiger partial charge in [0.25, 0.3) is 0 Å². The summed E-state index contributed by atoms with van der Waals surface area (Å²) < 4.78 is 0. The fraction of sp³-hybridized carbons (Fsp3) is 0.500. The number of halogens is 2. The number of rotatable bonds is 0. The molecule has 1 aliphatic rings. The first-order chi connectivity index (χ1) is 5.50. The molecular weight excluding hydrogens is 253 g/mol. The van der Waals surface area contributed by atoms with Gasteiger partial charge in [-0.1, -0.05) is 20.8 Å². The van der Waals surface area contributed by atoms with Crippen molar-refractivity contribution in [2.45, 2.75) is 32.7 Å². The van der Waals surface area contributed by atoms with Gasteiger partial charge in [0.1, 0.15) is 0 Å². The zero-order chi connectivity index (χ0) is 10.0. The number of hydrogen-bond donors (Lipinski definition) is 0. The van der Waals surface area contributed by atoms with Crippen molar-refractivity contribution in [2.24, 2.45) is 0 Å². The Labute approximate surface area is 112 Å². The molecule has 0 saturated heterocycles. The third-order valence-electron chi connectivity index (χ3n) is 0.586. The standard InChI is InChI=1S/C5H5.C4H10N.CH2.2ClH.Ti/c1-2-4-5-3-1;1-4(2,3)5;;;;/h1-3H,4H2;5H,1-3H3;1H2;2*1H;/q2*-1;;;;+2/p-2. The predicted molar refractivity (Wildman–Crippen MR) is 52.8 cm³/mol. The van der Waals surface area contributed by atoms with Crippen molar-refractivity contribution in [2.75, 3.05) is 0 Å². The van der Waals surface area contributed by atoms with E-state index in [9.17, 15) is 0 Å². The van der Waals surface area contributed by atoms with E-state index in [0.29, 0.717) is 0 Å². The van der Waals surface area contributed by atoms with Crippen molar-refractivity contribution in [1.82, 2.24) is 0 Å². The third-order valence-corrected chi connectivity index (χ3v) is 0.586. The maximum Gasteiger partial charge on any atom is -1.00 e. The van der Waals surface area contributed by atoms with Gasteiger partial charge in [-0.2, -0.15) is 6.08 Å². The summed E-state index contributed by atoms with van der Waals surface area (Å²) in [5, 5.41) is 0. The van der Waals surface area contributed by atoms with E-state index in [2.05, 4.69) is 17.0 Å². The van der Waals surface area contributed by atoms with Crippen LogP contribution in [0.5, 0.6) is 0 Å². The molecule has 1 N–H and O–H groups in total. The molecule has 0 amide bonds. The minimum atomic E-state index is -0.250. The molecule has 0 radical (unpaired) electrons. The van der Waals surface area contributed by atoms with Crippen LogP contribution in [0.3, 0.4) is 0 Å². The average molecular weight is 270 g/mol. The molecule has 0 atom stereocenters. The summed E-state index contributed by atoms with van der Waals surface area (Å²) in [5.41, 5.74) is 6.69. The van der Waals surface area contributed by atoms with Crippen molar-refractivity contribution in [3.05, 3.63) is 30.0 Å². The Morgan fingerprint density at radius 2 is 1.64 bits per heavy atom. The molecule has 0 saturated carbocycles. The fourth-order valence-corrected chi connectivity index (χ4v) is 0.340. The van der Waals surface area contributed by atoms with Crippen LogP contribution in [0.25, 0.3) is 5.73 Å². The van der Waals surface area contributed by atoms with Gasteiger partial charge < -0.3 is 30.5 Å². The summed E-state index contributed by atoms with van der Waals surface area (Å²) in [6.45, 7) is 5.56. The predicted octanol–water partition coefficient (Wildman–Crippen LogP) is -2.88. The Kier molecular flexibility index (Phi) is 27.6. The molecule has 0 bridgehead atoms. The number of hydrogen-bond acceptors (Lipinski definition) is 0. The van der Waals surface area contributed by atoms with Crippen molar-refractivity contribution in [3.63, 3.8) is 0 Å². The average Bonchev–Trinajstić information content (AvgIpc) is 2.41. The van der Waals surface area contributed by atoms with Gasteiger partial charge in [-0.15, -0.1) is 12.0 Å². The molecule has 0 aromatic carbocycles. The number of nitrogens with one attached hydrogen (secondary N) is 1. The maximum atomic E-state index is 6.94. The molecule has 1 nitrogen and oxygen atoms in total. The van der Waals surface area contributed by atoms with Crippen LogP contribution < -0.4 is 24.8 Å². The zero-order valence-corrected chi connectivity index (χ0v) is 12.0. The van der Waals surface area contributed by atoms with Crippen molar-refractivity contribution in [3.8, 4) is 0 Å². The molecule has 14 heavy (non-hydrogen) atoms. The van der Waals surface area contributed by atoms with Crippen LogP contribution >= 0.6 is 0 Å². The first-order valence-corrected chi connectivity index (χ1v) is 4.92. The van der Waals surface area contributed by atoms with Gasteiger partial charge in [0.15, 0.2) is 0 Å². The second-order valence-corrected chi connectivity index (χ2v) is 3.25. The first kappa shape index (κ1) is 24.0. The first-order valence-electron chi connectivity index (χ1n) is 3.82. The van der Waals surface area contributed by atoms with Gasteiger partial charge in [0.2, 0.25) is 0 Å². The zero-order valence-electron chi connectivity index (χ0n) is 8.90. The Hall–Kier alpha value is 0.604. The smallest absolute Gasteiger partial charge is 1.00 e. The molecule has 0 heterocycles. The molecule has 0 unspecified atom stereocenters. The van der Waals surface area contributed by atoms with Crippen LogP contribution in [0.1, 0.15) is 27.2 Å². The molecule has 1 rings (SSSR count). The van der Waals surface area contributed by atoms with E-state index in [1.165, 1.54) is 0 Å². The topological polar surface area (TPSA) is 23.8 Å². The van der Waals surface area contributed by atoms with E-state index in [1.54, 1.807) is 20.0 Å². The quantitative estimate of drug-likeness (QED) is 0.333. The van der Waals surface area contributed by atoms with Gasteiger partial charge >= 0.3 is 24.8 Å². The van der Waals surface area contributed by atoms with Gasteiger partial charge in [0, 0.05) is 0 Å². The summed E-state index contributed by atoms with van der Waals surface area (Å²) in [7, 11) is 0. The van der Waals surface area contributed by atoms with Crippen molar-refractivity contribution in [1.29, 1.82) is 0 Å². The second-order valence-electron chi connectivity index (χ2n) is 3.25. The van der Waals surface area contributed by atoms with Crippen LogP contribution in [-0.2, 0) is 20.0 Å². The van der Waals surface area contributed by atoms with Gasteiger partial charge in [-0.25, -0.2) is 12.2 Å².